The molecule has 0 radical (unpaired) electrons. The third-order valence-electron chi connectivity index (χ3n) is 3.33. The van der Waals surface area contributed by atoms with Gasteiger partial charge < -0.3 is 0 Å². The van der Waals surface area contributed by atoms with Crippen molar-refractivity contribution in [2.24, 2.45) is 9.98 Å². The van der Waals surface area contributed by atoms with Gasteiger partial charge in [0.1, 0.15) is 11.7 Å². The molecule has 0 amide bonds. The fraction of sp³-hybridized carbons (Fsp3) is 0.176. The molecule has 1 heterocycles. The van der Waals surface area contributed by atoms with Gasteiger partial charge in [-0.1, -0.05) is 42.5 Å². The maximum atomic E-state index is 12.9. The summed E-state index contributed by atoms with van der Waals surface area (Å²) in [7, 11) is 0. The van der Waals surface area contributed by atoms with Crippen molar-refractivity contribution < 1.29 is 4.39 Å². The lowest BCUT2D eigenvalue weighted by Crippen LogP contribution is -2.01. The van der Waals surface area contributed by atoms with Crippen molar-refractivity contribution >= 4 is 11.5 Å². The number of hydrogen-bond acceptors (Lipinski definition) is 2. The van der Waals surface area contributed by atoms with Gasteiger partial charge in [0.05, 0.1) is 12.3 Å². The van der Waals surface area contributed by atoms with E-state index in [1.54, 1.807) is 12.1 Å². The largest absolute Gasteiger partial charge is 0.264 e. The molecule has 1 aliphatic rings. The second kappa shape index (κ2) is 5.78. The lowest BCUT2D eigenvalue weighted by atomic mass is 10.1. The molecule has 100 valence electrons. The monoisotopic (exact) mass is 266 g/mol. The van der Waals surface area contributed by atoms with Gasteiger partial charge in [-0.05, 0) is 29.7 Å². The summed E-state index contributed by atoms with van der Waals surface area (Å²) in [6, 6.07) is 16.7. The van der Waals surface area contributed by atoms with Crippen LogP contribution in [0, 0.1) is 5.82 Å². The highest BCUT2D eigenvalue weighted by Crippen LogP contribution is 2.12. The number of aryl methyl sites for hydroxylation is 1. The lowest BCUT2D eigenvalue weighted by Gasteiger charge is -2.00. The number of amidine groups is 1. The first-order valence-electron chi connectivity index (χ1n) is 6.72. The number of hydrogen-bond donors (Lipinski definition) is 0. The van der Waals surface area contributed by atoms with E-state index in [0.717, 1.165) is 30.0 Å². The maximum Gasteiger partial charge on any atom is 0.124 e. The highest BCUT2D eigenvalue weighted by molar-refractivity contribution is 6.12. The van der Waals surface area contributed by atoms with Gasteiger partial charge in [-0.2, -0.15) is 0 Å². The molecule has 0 unspecified atom stereocenters. The summed E-state index contributed by atoms with van der Waals surface area (Å²) in [5, 5.41) is 0. The van der Waals surface area contributed by atoms with Crippen LogP contribution in [-0.4, -0.2) is 18.1 Å². The zero-order valence-corrected chi connectivity index (χ0v) is 11.1. The topological polar surface area (TPSA) is 24.7 Å². The second-order valence-corrected chi connectivity index (χ2v) is 4.78. The van der Waals surface area contributed by atoms with Crippen LogP contribution in [0.5, 0.6) is 0 Å². The molecule has 0 aromatic heterocycles. The van der Waals surface area contributed by atoms with Crippen LogP contribution < -0.4 is 0 Å². The standard InChI is InChI=1S/C17H15FN2/c18-15-9-7-14(8-10-15)16-12-19-17(20-16)11-6-13-4-2-1-3-5-13/h1-5,7-10H,6,11-12H2. The SMILES string of the molecule is Fc1ccc(C2=NC(CCc3ccccc3)=NC2)cc1. The summed E-state index contributed by atoms with van der Waals surface area (Å²) in [6.07, 6.45) is 1.79. The Kier molecular flexibility index (Phi) is 3.68. The zero-order chi connectivity index (χ0) is 13.8. The van der Waals surface area contributed by atoms with E-state index in [4.69, 9.17) is 0 Å². The van der Waals surface area contributed by atoms with E-state index < -0.39 is 0 Å². The molecule has 3 heteroatoms. The minimum absolute atomic E-state index is 0.224. The minimum atomic E-state index is -0.224. The van der Waals surface area contributed by atoms with E-state index in [1.807, 2.05) is 18.2 Å². The van der Waals surface area contributed by atoms with Gasteiger partial charge in [-0.3, -0.25) is 4.99 Å². The Morgan fingerprint density at radius 3 is 2.40 bits per heavy atom. The van der Waals surface area contributed by atoms with E-state index in [-0.39, 0.29) is 5.82 Å². The average molecular weight is 266 g/mol. The quantitative estimate of drug-likeness (QED) is 0.807. The lowest BCUT2D eigenvalue weighted by molar-refractivity contribution is 0.628. The molecule has 0 bridgehead atoms. The number of rotatable bonds is 4. The van der Waals surface area contributed by atoms with Crippen molar-refractivity contribution in [3.05, 3.63) is 71.5 Å². The van der Waals surface area contributed by atoms with E-state index in [0.29, 0.717) is 6.54 Å². The van der Waals surface area contributed by atoms with Crippen molar-refractivity contribution in [2.75, 3.05) is 6.54 Å². The molecule has 0 saturated carbocycles. The van der Waals surface area contributed by atoms with Crippen molar-refractivity contribution in [3.8, 4) is 0 Å². The summed E-state index contributed by atoms with van der Waals surface area (Å²) in [5.41, 5.74) is 3.17. The van der Waals surface area contributed by atoms with Gasteiger partial charge in [0.2, 0.25) is 0 Å². The number of halogens is 1. The van der Waals surface area contributed by atoms with Gasteiger partial charge in [0.25, 0.3) is 0 Å². The van der Waals surface area contributed by atoms with Crippen LogP contribution in [0.4, 0.5) is 4.39 Å². The number of benzene rings is 2. The Hall–Kier alpha value is -2.29. The fourth-order valence-electron chi connectivity index (χ4n) is 2.23. The molecule has 2 aromatic rings. The molecule has 0 fully saturated rings. The van der Waals surface area contributed by atoms with Crippen LogP contribution >= 0.6 is 0 Å². The van der Waals surface area contributed by atoms with Crippen LogP contribution in [0.2, 0.25) is 0 Å². The number of nitrogens with zero attached hydrogens (tertiary/aromatic N) is 2. The molecule has 3 rings (SSSR count). The Balaban J connectivity index is 1.64. The summed E-state index contributed by atoms with van der Waals surface area (Å²) in [4.78, 5) is 9.00. The normalized spacial score (nSPS) is 14.1. The van der Waals surface area contributed by atoms with Crippen molar-refractivity contribution in [1.29, 1.82) is 0 Å². The van der Waals surface area contributed by atoms with E-state index >= 15 is 0 Å². The van der Waals surface area contributed by atoms with Gasteiger partial charge in [-0.15, -0.1) is 0 Å². The smallest absolute Gasteiger partial charge is 0.124 e. The van der Waals surface area contributed by atoms with Crippen LogP contribution in [-0.2, 0) is 6.42 Å². The van der Waals surface area contributed by atoms with E-state index in [1.165, 1.54) is 17.7 Å². The van der Waals surface area contributed by atoms with Crippen LogP contribution in [0.15, 0.2) is 64.6 Å². The van der Waals surface area contributed by atoms with Gasteiger partial charge in [0, 0.05) is 6.42 Å². The van der Waals surface area contributed by atoms with Crippen LogP contribution in [0.1, 0.15) is 17.5 Å². The molecule has 2 aromatic carbocycles. The minimum Gasteiger partial charge on any atom is -0.264 e. The summed E-state index contributed by atoms with van der Waals surface area (Å²) < 4.78 is 12.9. The maximum absolute atomic E-state index is 12.9. The molecule has 0 saturated heterocycles. The molecule has 0 atom stereocenters. The number of aliphatic imine (C=N–C) groups is 2. The predicted octanol–water partition coefficient (Wildman–Crippen LogP) is 3.66. The summed E-state index contributed by atoms with van der Waals surface area (Å²) >= 11 is 0. The Labute approximate surface area is 117 Å². The highest BCUT2D eigenvalue weighted by atomic mass is 19.1. The van der Waals surface area contributed by atoms with E-state index in [9.17, 15) is 4.39 Å². The van der Waals surface area contributed by atoms with Crippen molar-refractivity contribution in [2.45, 2.75) is 12.8 Å². The third-order valence-corrected chi connectivity index (χ3v) is 3.33. The molecule has 0 spiro atoms. The van der Waals surface area contributed by atoms with Crippen LogP contribution in [0.3, 0.4) is 0 Å². The first-order chi connectivity index (χ1) is 9.81. The molecule has 2 nitrogen and oxygen atoms in total. The Morgan fingerprint density at radius 1 is 0.900 bits per heavy atom. The van der Waals surface area contributed by atoms with Crippen molar-refractivity contribution in [1.82, 2.24) is 0 Å². The summed E-state index contributed by atoms with van der Waals surface area (Å²) in [5.74, 6) is 0.658. The van der Waals surface area contributed by atoms with Gasteiger partial charge in [0.15, 0.2) is 0 Å². The van der Waals surface area contributed by atoms with Gasteiger partial charge in [-0.25, -0.2) is 9.38 Å². The predicted molar refractivity (Wildman–Crippen MR) is 80.0 cm³/mol. The Morgan fingerprint density at radius 2 is 1.65 bits per heavy atom. The first-order valence-corrected chi connectivity index (χ1v) is 6.72. The molecule has 0 N–H and O–H groups in total. The van der Waals surface area contributed by atoms with Crippen LogP contribution in [0.25, 0.3) is 0 Å². The first kappa shape index (κ1) is 12.7. The van der Waals surface area contributed by atoms with E-state index in [2.05, 4.69) is 22.1 Å². The third kappa shape index (κ3) is 2.99. The molecule has 1 aliphatic heterocycles. The average Bonchev–Trinajstić information content (AvgIpc) is 2.96. The fourth-order valence-corrected chi connectivity index (χ4v) is 2.23. The Bertz CT molecular complexity index is 642. The molecule has 20 heavy (non-hydrogen) atoms. The highest BCUT2D eigenvalue weighted by Gasteiger charge is 2.12. The van der Waals surface area contributed by atoms with Crippen molar-refractivity contribution in [3.63, 3.8) is 0 Å². The second-order valence-electron chi connectivity index (χ2n) is 4.78. The molecular formula is C17H15FN2. The zero-order valence-electron chi connectivity index (χ0n) is 11.1. The molecule has 0 aliphatic carbocycles. The summed E-state index contributed by atoms with van der Waals surface area (Å²) in [6.45, 7) is 0.593. The molecular weight excluding hydrogens is 251 g/mol. The van der Waals surface area contributed by atoms with Gasteiger partial charge >= 0.3 is 0 Å².